The molecule has 1 aliphatic heterocycles. The molecule has 1 saturated heterocycles. The standard InChI is InChI=1S/C12H12FNO5S/c1-12(2)11(17)14(20(12,18)19)6-7-4-3-5-8(9(7)13)10(15)16/h3-5H,6H2,1-2H3,(H,15,16). The molecular formula is C12H12FNO5S. The Balaban J connectivity index is 2.36. The molecule has 1 aromatic carbocycles. The lowest BCUT2D eigenvalue weighted by Crippen LogP contribution is -2.66. The van der Waals surface area contributed by atoms with Crippen molar-refractivity contribution in [2.45, 2.75) is 25.1 Å². The molecule has 0 aliphatic carbocycles. The first kappa shape index (κ1) is 14.4. The topological polar surface area (TPSA) is 91.8 Å². The first-order chi connectivity index (χ1) is 9.10. The Morgan fingerprint density at radius 2 is 2.00 bits per heavy atom. The van der Waals surface area contributed by atoms with Crippen LogP contribution in [-0.4, -0.2) is 34.5 Å². The van der Waals surface area contributed by atoms with E-state index in [1.165, 1.54) is 26.0 Å². The maximum absolute atomic E-state index is 13.9. The lowest BCUT2D eigenvalue weighted by Gasteiger charge is -2.43. The SMILES string of the molecule is CC1(C)C(=O)N(Cc2cccc(C(=O)O)c2F)S1(=O)=O. The molecule has 0 atom stereocenters. The van der Waals surface area contributed by atoms with Gasteiger partial charge < -0.3 is 5.11 Å². The minimum atomic E-state index is -3.83. The molecule has 0 aromatic heterocycles. The van der Waals surface area contributed by atoms with E-state index >= 15 is 0 Å². The van der Waals surface area contributed by atoms with Crippen molar-refractivity contribution in [2.75, 3.05) is 0 Å². The Bertz CT molecular complexity index is 711. The van der Waals surface area contributed by atoms with Gasteiger partial charge in [0, 0.05) is 5.56 Å². The van der Waals surface area contributed by atoms with Crippen LogP contribution in [0.15, 0.2) is 18.2 Å². The third kappa shape index (κ3) is 1.79. The van der Waals surface area contributed by atoms with Gasteiger partial charge in [-0.3, -0.25) is 4.79 Å². The van der Waals surface area contributed by atoms with E-state index in [0.29, 0.717) is 4.31 Å². The largest absolute Gasteiger partial charge is 0.478 e. The number of sulfonamides is 1. The van der Waals surface area contributed by atoms with E-state index in [0.717, 1.165) is 6.07 Å². The van der Waals surface area contributed by atoms with Gasteiger partial charge in [0.2, 0.25) is 0 Å². The van der Waals surface area contributed by atoms with Crippen LogP contribution in [0.25, 0.3) is 0 Å². The molecule has 8 heteroatoms. The highest BCUT2D eigenvalue weighted by molar-refractivity contribution is 7.94. The summed E-state index contributed by atoms with van der Waals surface area (Å²) in [7, 11) is -3.83. The van der Waals surface area contributed by atoms with E-state index in [1.54, 1.807) is 0 Å². The summed E-state index contributed by atoms with van der Waals surface area (Å²) in [6, 6.07) is 3.61. The molecule has 1 amide bonds. The van der Waals surface area contributed by atoms with Gasteiger partial charge in [-0.2, -0.15) is 0 Å². The summed E-state index contributed by atoms with van der Waals surface area (Å²) in [5, 5.41) is 8.79. The molecule has 1 fully saturated rings. The fourth-order valence-corrected chi connectivity index (χ4v) is 3.44. The summed E-state index contributed by atoms with van der Waals surface area (Å²) >= 11 is 0. The Morgan fingerprint density at radius 1 is 1.40 bits per heavy atom. The van der Waals surface area contributed by atoms with Crippen LogP contribution in [0.5, 0.6) is 0 Å². The van der Waals surface area contributed by atoms with Gasteiger partial charge in [0.25, 0.3) is 15.9 Å². The highest BCUT2D eigenvalue weighted by atomic mass is 32.2. The highest BCUT2D eigenvalue weighted by Gasteiger charge is 2.60. The second kappa shape index (κ2) is 4.27. The van der Waals surface area contributed by atoms with E-state index in [1.807, 2.05) is 0 Å². The first-order valence-corrected chi connectivity index (χ1v) is 7.12. The average Bonchev–Trinajstić information content (AvgIpc) is 2.35. The molecule has 0 unspecified atom stereocenters. The zero-order valence-electron chi connectivity index (χ0n) is 10.8. The molecule has 1 N–H and O–H groups in total. The fraction of sp³-hybridized carbons (Fsp3) is 0.333. The number of halogens is 1. The van der Waals surface area contributed by atoms with Crippen LogP contribution in [-0.2, 0) is 21.4 Å². The van der Waals surface area contributed by atoms with Crippen LogP contribution in [0.2, 0.25) is 0 Å². The maximum Gasteiger partial charge on any atom is 0.338 e. The Morgan fingerprint density at radius 3 is 2.50 bits per heavy atom. The van der Waals surface area contributed by atoms with Crippen LogP contribution in [0.1, 0.15) is 29.8 Å². The van der Waals surface area contributed by atoms with Gasteiger partial charge in [0.05, 0.1) is 12.1 Å². The molecule has 1 aliphatic rings. The van der Waals surface area contributed by atoms with E-state index in [2.05, 4.69) is 0 Å². The van der Waals surface area contributed by atoms with Crippen molar-refractivity contribution < 1.29 is 27.5 Å². The van der Waals surface area contributed by atoms with Crippen LogP contribution in [0.4, 0.5) is 4.39 Å². The molecular weight excluding hydrogens is 289 g/mol. The molecule has 1 heterocycles. The van der Waals surface area contributed by atoms with Gasteiger partial charge in [0.1, 0.15) is 5.82 Å². The van der Waals surface area contributed by atoms with Crippen molar-refractivity contribution in [3.05, 3.63) is 35.1 Å². The summed E-state index contributed by atoms with van der Waals surface area (Å²) in [6.45, 7) is 2.04. The zero-order valence-corrected chi connectivity index (χ0v) is 11.6. The Hall–Kier alpha value is -1.96. The van der Waals surface area contributed by atoms with E-state index < -0.39 is 44.6 Å². The van der Waals surface area contributed by atoms with Crippen molar-refractivity contribution >= 4 is 21.9 Å². The molecule has 0 radical (unpaired) electrons. The molecule has 1 aromatic rings. The zero-order chi connectivity index (χ0) is 15.3. The van der Waals surface area contributed by atoms with Crippen LogP contribution in [0.3, 0.4) is 0 Å². The van der Waals surface area contributed by atoms with E-state index in [-0.39, 0.29) is 5.56 Å². The van der Waals surface area contributed by atoms with Gasteiger partial charge >= 0.3 is 5.97 Å². The minimum Gasteiger partial charge on any atom is -0.478 e. The quantitative estimate of drug-likeness (QED) is 0.898. The van der Waals surface area contributed by atoms with E-state index in [4.69, 9.17) is 5.11 Å². The Labute approximate surface area is 114 Å². The third-order valence-electron chi connectivity index (χ3n) is 3.30. The van der Waals surface area contributed by atoms with Gasteiger partial charge in [-0.05, 0) is 19.9 Å². The number of benzene rings is 1. The second-order valence-electron chi connectivity index (χ2n) is 4.91. The molecule has 2 rings (SSSR count). The number of hydrogen-bond acceptors (Lipinski definition) is 4. The number of nitrogens with zero attached hydrogens (tertiary/aromatic N) is 1. The van der Waals surface area contributed by atoms with Crippen molar-refractivity contribution in [2.24, 2.45) is 0 Å². The number of rotatable bonds is 3. The second-order valence-corrected chi connectivity index (χ2v) is 7.32. The lowest BCUT2D eigenvalue weighted by molar-refractivity contribution is -0.132. The summed E-state index contributed by atoms with van der Waals surface area (Å²) < 4.78 is 36.7. The third-order valence-corrected chi connectivity index (χ3v) is 5.64. The Kier molecular flexibility index (Phi) is 3.09. The smallest absolute Gasteiger partial charge is 0.338 e. The normalized spacial score (nSPS) is 19.6. The van der Waals surface area contributed by atoms with Crippen molar-refractivity contribution in [1.29, 1.82) is 0 Å². The molecule has 0 bridgehead atoms. The van der Waals surface area contributed by atoms with Crippen molar-refractivity contribution in [3.8, 4) is 0 Å². The molecule has 0 saturated carbocycles. The average molecular weight is 301 g/mol. The van der Waals surface area contributed by atoms with Gasteiger partial charge in [0.15, 0.2) is 4.75 Å². The predicted octanol–water partition coefficient (Wildman–Crippen LogP) is 0.975. The number of hydrogen-bond donors (Lipinski definition) is 1. The van der Waals surface area contributed by atoms with Gasteiger partial charge in [-0.1, -0.05) is 12.1 Å². The highest BCUT2D eigenvalue weighted by Crippen LogP contribution is 2.36. The van der Waals surface area contributed by atoms with Crippen molar-refractivity contribution in [1.82, 2.24) is 4.31 Å². The number of carboxylic acid groups (broad SMARTS) is 1. The van der Waals surface area contributed by atoms with Crippen molar-refractivity contribution in [3.63, 3.8) is 0 Å². The molecule has 20 heavy (non-hydrogen) atoms. The molecule has 6 nitrogen and oxygen atoms in total. The van der Waals surface area contributed by atoms with Gasteiger partial charge in [-0.15, -0.1) is 0 Å². The molecule has 108 valence electrons. The fourth-order valence-electron chi connectivity index (χ4n) is 1.93. The molecule has 0 spiro atoms. The maximum atomic E-state index is 13.9. The summed E-state index contributed by atoms with van der Waals surface area (Å²) in [5.74, 6) is -3.13. The van der Waals surface area contributed by atoms with Crippen LogP contribution >= 0.6 is 0 Å². The summed E-state index contributed by atoms with van der Waals surface area (Å²) in [4.78, 5) is 22.5. The number of carbonyl (C=O) groups excluding carboxylic acids is 1. The number of aromatic carboxylic acids is 1. The number of amides is 1. The summed E-state index contributed by atoms with van der Waals surface area (Å²) in [6.07, 6.45) is 0. The first-order valence-electron chi connectivity index (χ1n) is 5.68. The van der Waals surface area contributed by atoms with E-state index in [9.17, 15) is 22.4 Å². The number of carbonyl (C=O) groups is 2. The minimum absolute atomic E-state index is 0.155. The number of carboxylic acids is 1. The lowest BCUT2D eigenvalue weighted by atomic mass is 10.1. The van der Waals surface area contributed by atoms with Crippen LogP contribution < -0.4 is 0 Å². The monoisotopic (exact) mass is 301 g/mol. The summed E-state index contributed by atoms with van der Waals surface area (Å²) in [5.41, 5.74) is -0.718. The van der Waals surface area contributed by atoms with Crippen LogP contribution in [0, 0.1) is 5.82 Å². The van der Waals surface area contributed by atoms with Gasteiger partial charge in [-0.25, -0.2) is 21.9 Å². The predicted molar refractivity (Wildman–Crippen MR) is 66.9 cm³/mol.